The Kier molecular flexibility index (Phi) is 10.7. The molecule has 0 heterocycles. The van der Waals surface area contributed by atoms with Gasteiger partial charge in [-0.1, -0.05) is 0 Å². The molecule has 0 radical (unpaired) electrons. The molecule has 0 aromatic carbocycles. The van der Waals surface area contributed by atoms with Crippen LogP contribution in [0.3, 0.4) is 0 Å². The van der Waals surface area contributed by atoms with E-state index in [1.165, 1.54) is 14.2 Å². The predicted octanol–water partition coefficient (Wildman–Crippen LogP) is -0.251. The van der Waals surface area contributed by atoms with Crippen LogP contribution in [-0.4, -0.2) is 82.0 Å². The van der Waals surface area contributed by atoms with Crippen LogP contribution >= 0.6 is 0 Å². The number of hydrogen-bond donors (Lipinski definition) is 2. The Labute approximate surface area is 143 Å². The first-order valence-corrected chi connectivity index (χ1v) is 7.68. The molecule has 3 amide bonds. The minimum Gasteiger partial charge on any atom is -0.444 e. The Morgan fingerprint density at radius 1 is 0.875 bits per heavy atom. The van der Waals surface area contributed by atoms with E-state index in [1.807, 2.05) is 0 Å². The first-order chi connectivity index (χ1) is 11.2. The van der Waals surface area contributed by atoms with E-state index in [1.54, 1.807) is 20.8 Å². The molecular formula is C15H29N3O6. The fourth-order valence-corrected chi connectivity index (χ4v) is 1.56. The highest BCUT2D eigenvalue weighted by atomic mass is 16.6. The van der Waals surface area contributed by atoms with Crippen LogP contribution in [0.25, 0.3) is 0 Å². The quantitative estimate of drug-likeness (QED) is 0.528. The zero-order valence-electron chi connectivity index (χ0n) is 15.1. The fourth-order valence-electron chi connectivity index (χ4n) is 1.56. The number of amides is 3. The van der Waals surface area contributed by atoms with Gasteiger partial charge in [-0.05, 0) is 20.8 Å². The van der Waals surface area contributed by atoms with E-state index in [9.17, 15) is 14.4 Å². The molecule has 0 aliphatic heterocycles. The molecule has 140 valence electrons. The third kappa shape index (κ3) is 11.7. The van der Waals surface area contributed by atoms with Gasteiger partial charge in [0.05, 0.1) is 13.2 Å². The van der Waals surface area contributed by atoms with Crippen molar-refractivity contribution in [2.45, 2.75) is 26.4 Å². The monoisotopic (exact) mass is 347 g/mol. The Hall–Kier alpha value is -1.87. The first kappa shape index (κ1) is 22.1. The van der Waals surface area contributed by atoms with E-state index in [0.29, 0.717) is 26.3 Å². The smallest absolute Gasteiger partial charge is 0.411 e. The predicted molar refractivity (Wildman–Crippen MR) is 87.6 cm³/mol. The lowest BCUT2D eigenvalue weighted by atomic mass is 10.2. The van der Waals surface area contributed by atoms with Crippen LogP contribution in [0.15, 0.2) is 0 Å². The van der Waals surface area contributed by atoms with Gasteiger partial charge in [-0.15, -0.1) is 0 Å². The summed E-state index contributed by atoms with van der Waals surface area (Å²) in [6.45, 7) is 5.91. The third-order valence-electron chi connectivity index (χ3n) is 2.58. The lowest BCUT2D eigenvalue weighted by molar-refractivity contribution is -0.125. The van der Waals surface area contributed by atoms with Crippen molar-refractivity contribution in [1.82, 2.24) is 15.5 Å². The van der Waals surface area contributed by atoms with Gasteiger partial charge in [-0.25, -0.2) is 4.79 Å². The number of carbonyl (C=O) groups excluding carboxylic acids is 3. The number of ether oxygens (including phenoxy) is 3. The van der Waals surface area contributed by atoms with Crippen molar-refractivity contribution in [3.8, 4) is 0 Å². The molecule has 2 N–H and O–H groups in total. The van der Waals surface area contributed by atoms with Gasteiger partial charge < -0.3 is 24.8 Å². The van der Waals surface area contributed by atoms with Crippen LogP contribution in [0, 0.1) is 0 Å². The van der Waals surface area contributed by atoms with E-state index in [-0.39, 0.29) is 13.1 Å². The molecule has 0 saturated heterocycles. The summed E-state index contributed by atoms with van der Waals surface area (Å²) in [6, 6.07) is 0. The zero-order valence-corrected chi connectivity index (χ0v) is 15.1. The molecule has 0 aliphatic carbocycles. The third-order valence-corrected chi connectivity index (χ3v) is 2.58. The Bertz CT molecular complexity index is 385. The van der Waals surface area contributed by atoms with Crippen molar-refractivity contribution in [2.75, 3.05) is 53.6 Å². The maximum Gasteiger partial charge on any atom is 0.411 e. The average Bonchev–Trinajstić information content (AvgIpc) is 2.45. The van der Waals surface area contributed by atoms with Crippen LogP contribution in [0.1, 0.15) is 20.8 Å². The molecule has 0 aromatic heterocycles. The molecule has 0 fully saturated rings. The lowest BCUT2D eigenvalue weighted by Gasteiger charge is -2.26. The second kappa shape index (κ2) is 11.6. The Morgan fingerprint density at radius 2 is 1.29 bits per heavy atom. The molecule has 0 rings (SSSR count). The minimum absolute atomic E-state index is 0.281. The van der Waals surface area contributed by atoms with Crippen LogP contribution < -0.4 is 10.6 Å². The standard InChI is InChI=1S/C15H29N3O6/c1-15(2,3)24-14(21)18(10-12(19)16-6-8-22-4)11-13(20)17-7-9-23-5/h6-11H2,1-5H3,(H,16,19)(H,17,20). The lowest BCUT2D eigenvalue weighted by Crippen LogP contribution is -2.48. The fraction of sp³-hybridized carbons (Fsp3) is 0.800. The van der Waals surface area contributed by atoms with Gasteiger partial charge >= 0.3 is 6.09 Å². The SMILES string of the molecule is COCCNC(=O)CN(CC(=O)NCCOC)C(=O)OC(C)(C)C. The molecule has 0 aliphatic rings. The van der Waals surface area contributed by atoms with Crippen LogP contribution in [0.4, 0.5) is 4.79 Å². The van der Waals surface area contributed by atoms with Gasteiger partial charge in [0.2, 0.25) is 11.8 Å². The van der Waals surface area contributed by atoms with Crippen molar-refractivity contribution >= 4 is 17.9 Å². The summed E-state index contributed by atoms with van der Waals surface area (Å²) in [4.78, 5) is 37.0. The number of hydrogen-bond acceptors (Lipinski definition) is 6. The van der Waals surface area contributed by atoms with Gasteiger partial charge in [-0.2, -0.15) is 0 Å². The highest BCUT2D eigenvalue weighted by Gasteiger charge is 2.25. The summed E-state index contributed by atoms with van der Waals surface area (Å²) in [7, 11) is 3.03. The molecule has 0 atom stereocenters. The number of rotatable bonds is 10. The topological polar surface area (TPSA) is 106 Å². The largest absolute Gasteiger partial charge is 0.444 e. The summed E-state index contributed by atoms with van der Waals surface area (Å²) in [5, 5.41) is 5.18. The molecule has 24 heavy (non-hydrogen) atoms. The van der Waals surface area contributed by atoms with E-state index >= 15 is 0 Å². The second-order valence-corrected chi connectivity index (χ2v) is 6.02. The highest BCUT2D eigenvalue weighted by Crippen LogP contribution is 2.09. The summed E-state index contributed by atoms with van der Waals surface area (Å²) >= 11 is 0. The van der Waals surface area contributed by atoms with Gasteiger partial charge in [0.15, 0.2) is 0 Å². The van der Waals surface area contributed by atoms with Gasteiger partial charge in [-0.3, -0.25) is 14.5 Å². The van der Waals surface area contributed by atoms with Gasteiger partial charge in [0, 0.05) is 27.3 Å². The summed E-state index contributed by atoms with van der Waals surface area (Å²) in [5.74, 6) is -0.801. The maximum absolute atomic E-state index is 12.2. The molecular weight excluding hydrogens is 318 g/mol. The van der Waals surface area contributed by atoms with Crippen molar-refractivity contribution in [2.24, 2.45) is 0 Å². The Morgan fingerprint density at radius 3 is 1.62 bits per heavy atom. The summed E-state index contributed by atoms with van der Waals surface area (Å²) in [5.41, 5.74) is -0.728. The second-order valence-electron chi connectivity index (χ2n) is 6.02. The molecule has 9 nitrogen and oxygen atoms in total. The van der Waals surface area contributed by atoms with Crippen molar-refractivity contribution < 1.29 is 28.6 Å². The summed E-state index contributed by atoms with van der Waals surface area (Å²) in [6.07, 6.45) is -0.730. The minimum atomic E-state index is -0.730. The van der Waals surface area contributed by atoms with Crippen LogP contribution in [0.2, 0.25) is 0 Å². The van der Waals surface area contributed by atoms with E-state index in [4.69, 9.17) is 14.2 Å². The van der Waals surface area contributed by atoms with E-state index < -0.39 is 23.5 Å². The Balaban J connectivity index is 4.67. The van der Waals surface area contributed by atoms with Crippen molar-refractivity contribution in [3.05, 3.63) is 0 Å². The number of nitrogens with one attached hydrogen (secondary N) is 2. The zero-order chi connectivity index (χ0) is 18.6. The molecule has 0 aromatic rings. The van der Waals surface area contributed by atoms with Gasteiger partial charge in [0.1, 0.15) is 18.7 Å². The normalized spacial score (nSPS) is 10.9. The first-order valence-electron chi connectivity index (χ1n) is 7.68. The number of carbonyl (C=O) groups is 3. The van der Waals surface area contributed by atoms with E-state index in [2.05, 4.69) is 10.6 Å². The maximum atomic E-state index is 12.2. The molecule has 0 bridgehead atoms. The molecule has 0 spiro atoms. The molecule has 0 saturated carbocycles. The average molecular weight is 347 g/mol. The summed E-state index contributed by atoms with van der Waals surface area (Å²) < 4.78 is 14.9. The van der Waals surface area contributed by atoms with E-state index in [0.717, 1.165) is 4.90 Å². The highest BCUT2D eigenvalue weighted by molar-refractivity contribution is 5.86. The van der Waals surface area contributed by atoms with Crippen LogP contribution in [-0.2, 0) is 23.8 Å². The van der Waals surface area contributed by atoms with Crippen molar-refractivity contribution in [1.29, 1.82) is 0 Å². The molecule has 9 heteroatoms. The van der Waals surface area contributed by atoms with Gasteiger partial charge in [0.25, 0.3) is 0 Å². The van der Waals surface area contributed by atoms with Crippen molar-refractivity contribution in [3.63, 3.8) is 0 Å². The number of nitrogens with zero attached hydrogens (tertiary/aromatic N) is 1. The van der Waals surface area contributed by atoms with Crippen LogP contribution in [0.5, 0.6) is 0 Å². The number of methoxy groups -OCH3 is 2. The molecule has 0 unspecified atom stereocenters.